The quantitative estimate of drug-likeness (QED) is 0.280. The first-order chi connectivity index (χ1) is 20.0. The molecule has 14 heteroatoms. The number of halogens is 4. The van der Waals surface area contributed by atoms with Crippen LogP contribution in [0.1, 0.15) is 21.9 Å². The van der Waals surface area contributed by atoms with Crippen LogP contribution < -0.4 is 15.1 Å². The van der Waals surface area contributed by atoms with Crippen molar-refractivity contribution < 1.29 is 27.6 Å². The molecule has 0 saturated carbocycles. The van der Waals surface area contributed by atoms with E-state index in [1.807, 2.05) is 0 Å². The summed E-state index contributed by atoms with van der Waals surface area (Å²) in [6.07, 6.45) is -1.44. The Kier molecular flexibility index (Phi) is 7.31. The highest BCUT2D eigenvalue weighted by Crippen LogP contribution is 2.53. The van der Waals surface area contributed by atoms with Gasteiger partial charge >= 0.3 is 11.0 Å². The number of hydrogen-bond acceptors (Lipinski definition) is 7. The minimum absolute atomic E-state index is 0.0744. The average molecular weight is 676 g/mol. The first kappa shape index (κ1) is 28.4. The van der Waals surface area contributed by atoms with Crippen LogP contribution in [0.4, 0.5) is 24.5 Å². The number of alkyl halides is 3. The van der Waals surface area contributed by atoms with E-state index in [0.717, 1.165) is 44.6 Å². The van der Waals surface area contributed by atoms with Crippen molar-refractivity contribution in [2.75, 3.05) is 10.2 Å². The normalized spacial score (nSPS) is 19.9. The smallest absolute Gasteiger partial charge is 0.325 e. The van der Waals surface area contributed by atoms with Crippen molar-refractivity contribution >= 4 is 68.1 Å². The number of aromatic nitrogens is 2. The highest BCUT2D eigenvalue weighted by Gasteiger charge is 2.56. The Labute approximate surface area is 252 Å². The van der Waals surface area contributed by atoms with Crippen LogP contribution in [0.25, 0.3) is 0 Å². The Morgan fingerprint density at radius 3 is 2.48 bits per heavy atom. The second-order valence-electron chi connectivity index (χ2n) is 9.57. The van der Waals surface area contributed by atoms with E-state index in [1.165, 1.54) is 16.7 Å². The topological polar surface area (TPSA) is 101 Å². The molecule has 2 aromatic carbocycles. The molecular formula is C28H18BrF3N4O4S2. The van der Waals surface area contributed by atoms with Crippen LogP contribution in [-0.4, -0.2) is 32.5 Å². The molecule has 1 fully saturated rings. The highest BCUT2D eigenvalue weighted by atomic mass is 79.9. The maximum Gasteiger partial charge on any atom is 0.416 e. The van der Waals surface area contributed by atoms with Crippen molar-refractivity contribution in [3.05, 3.63) is 103 Å². The van der Waals surface area contributed by atoms with Crippen molar-refractivity contribution in [1.29, 1.82) is 0 Å². The van der Waals surface area contributed by atoms with E-state index in [0.29, 0.717) is 21.2 Å². The zero-order chi connectivity index (χ0) is 29.8. The minimum Gasteiger partial charge on any atom is -0.325 e. The number of imide groups is 1. The molecule has 8 nitrogen and oxygen atoms in total. The van der Waals surface area contributed by atoms with Crippen molar-refractivity contribution in [3.8, 4) is 0 Å². The molecule has 4 aromatic rings. The summed E-state index contributed by atoms with van der Waals surface area (Å²) in [6.45, 7) is -0.496. The van der Waals surface area contributed by atoms with Gasteiger partial charge in [0, 0.05) is 33.3 Å². The Morgan fingerprint density at radius 2 is 1.79 bits per heavy atom. The van der Waals surface area contributed by atoms with Gasteiger partial charge in [0.15, 0.2) is 0 Å². The molecule has 1 N–H and O–H groups in total. The monoisotopic (exact) mass is 674 g/mol. The van der Waals surface area contributed by atoms with Gasteiger partial charge in [-0.15, -0.1) is 0 Å². The van der Waals surface area contributed by atoms with Gasteiger partial charge in [-0.1, -0.05) is 51.2 Å². The zero-order valence-corrected chi connectivity index (χ0v) is 24.4. The number of fused-ring (bicyclic) bond motifs is 2. The lowest BCUT2D eigenvalue weighted by Gasteiger charge is -2.30. The van der Waals surface area contributed by atoms with Gasteiger partial charge < -0.3 is 5.32 Å². The Balaban J connectivity index is 1.36. The minimum atomic E-state index is -4.59. The SMILES string of the molecule is O=C(Cn1c2c(sc1=O)[C@@H](c1cccnc1)[C@H]1C(=O)N(c3ccc(Br)cc3)C(=O)[C@H]1S2)Nc1cccc(C(F)(F)F)c1. The van der Waals surface area contributed by atoms with Crippen LogP contribution >= 0.6 is 39.0 Å². The van der Waals surface area contributed by atoms with Gasteiger partial charge in [0.2, 0.25) is 17.7 Å². The summed E-state index contributed by atoms with van der Waals surface area (Å²) in [6, 6.07) is 14.4. The molecule has 0 unspecified atom stereocenters. The van der Waals surface area contributed by atoms with Crippen molar-refractivity contribution in [1.82, 2.24) is 9.55 Å². The van der Waals surface area contributed by atoms with Gasteiger partial charge in [-0.3, -0.25) is 28.7 Å². The van der Waals surface area contributed by atoms with Crippen LogP contribution in [0.2, 0.25) is 0 Å². The lowest BCUT2D eigenvalue weighted by molar-refractivity contribution is -0.137. The summed E-state index contributed by atoms with van der Waals surface area (Å²) in [5.74, 6) is -3.08. The molecule has 3 amide bonds. The summed E-state index contributed by atoms with van der Waals surface area (Å²) in [7, 11) is 0. The van der Waals surface area contributed by atoms with E-state index >= 15 is 0 Å². The number of carbonyl (C=O) groups is 3. The van der Waals surface area contributed by atoms with Gasteiger partial charge in [0.1, 0.15) is 11.8 Å². The van der Waals surface area contributed by atoms with E-state index in [9.17, 15) is 32.3 Å². The number of benzene rings is 2. The van der Waals surface area contributed by atoms with Crippen molar-refractivity contribution in [3.63, 3.8) is 0 Å². The first-order valence-electron chi connectivity index (χ1n) is 12.4. The van der Waals surface area contributed by atoms with Gasteiger partial charge in [-0.25, -0.2) is 4.90 Å². The third-order valence-corrected chi connectivity index (χ3v) is 10.1. The maximum atomic E-state index is 13.8. The largest absolute Gasteiger partial charge is 0.416 e. The van der Waals surface area contributed by atoms with E-state index in [-0.39, 0.29) is 5.69 Å². The molecular weight excluding hydrogens is 657 g/mol. The zero-order valence-electron chi connectivity index (χ0n) is 21.2. The van der Waals surface area contributed by atoms with Gasteiger partial charge in [-0.05, 0) is 54.1 Å². The lowest BCUT2D eigenvalue weighted by atomic mass is 9.84. The fourth-order valence-corrected chi connectivity index (χ4v) is 8.17. The van der Waals surface area contributed by atoms with Gasteiger partial charge in [0.25, 0.3) is 0 Å². The number of rotatable bonds is 5. The van der Waals surface area contributed by atoms with E-state index in [4.69, 9.17) is 0 Å². The molecule has 0 radical (unpaired) electrons. The van der Waals surface area contributed by atoms with Gasteiger partial charge in [0.05, 0.1) is 22.2 Å². The van der Waals surface area contributed by atoms with E-state index < -0.39 is 58.0 Å². The molecule has 2 aliphatic heterocycles. The summed E-state index contributed by atoms with van der Waals surface area (Å²) >= 11 is 5.26. The molecule has 0 spiro atoms. The molecule has 214 valence electrons. The lowest BCUT2D eigenvalue weighted by Crippen LogP contribution is -2.33. The second-order valence-corrected chi connectivity index (χ2v) is 12.6. The predicted molar refractivity (Wildman–Crippen MR) is 155 cm³/mol. The average Bonchev–Trinajstić information content (AvgIpc) is 3.40. The molecule has 42 heavy (non-hydrogen) atoms. The summed E-state index contributed by atoms with van der Waals surface area (Å²) in [4.78, 5) is 59.0. The fourth-order valence-electron chi connectivity index (χ4n) is 5.14. The van der Waals surface area contributed by atoms with Gasteiger partial charge in [-0.2, -0.15) is 13.2 Å². The van der Waals surface area contributed by atoms with Crippen molar-refractivity contribution in [2.24, 2.45) is 5.92 Å². The van der Waals surface area contributed by atoms with Crippen LogP contribution in [0, 0.1) is 5.92 Å². The predicted octanol–water partition coefficient (Wildman–Crippen LogP) is 5.52. The second kappa shape index (κ2) is 10.8. The van der Waals surface area contributed by atoms with Crippen LogP contribution in [0.15, 0.2) is 87.4 Å². The number of amides is 3. The summed E-state index contributed by atoms with van der Waals surface area (Å²) in [5, 5.41) is 1.89. The van der Waals surface area contributed by atoms with Crippen LogP contribution in [-0.2, 0) is 27.1 Å². The number of nitrogens with zero attached hydrogens (tertiary/aromatic N) is 3. The number of hydrogen-bond donors (Lipinski definition) is 1. The van der Waals surface area contributed by atoms with E-state index in [1.54, 1.807) is 48.8 Å². The summed E-state index contributed by atoms with van der Waals surface area (Å²) < 4.78 is 41.4. The summed E-state index contributed by atoms with van der Waals surface area (Å²) in [5.41, 5.74) is 0.0460. The third kappa shape index (κ3) is 5.07. The number of thioether (sulfide) groups is 1. The molecule has 0 aliphatic carbocycles. The standard InChI is InChI=1S/C28H18BrF3N4O4S2/c29-16-6-8-18(9-7-16)36-24(38)21-20(14-3-2-10-33-12-14)23-26(41-22(21)25(36)39)35(27(40)42-23)13-19(37)34-17-5-1-4-15(11-17)28(30,31)32/h1-12,20-22H,13H2,(H,34,37)/t20-,21+,22-/m0/s1. The van der Waals surface area contributed by atoms with E-state index in [2.05, 4.69) is 26.2 Å². The molecule has 4 heterocycles. The Bertz CT molecular complexity index is 1780. The number of carbonyl (C=O) groups excluding carboxylic acids is 3. The Morgan fingerprint density at radius 1 is 1.02 bits per heavy atom. The number of pyridine rings is 1. The fraction of sp³-hybridized carbons (Fsp3) is 0.179. The molecule has 0 bridgehead atoms. The third-order valence-electron chi connectivity index (χ3n) is 6.95. The molecule has 6 rings (SSSR count). The molecule has 2 aromatic heterocycles. The number of nitrogens with one attached hydrogen (secondary N) is 1. The molecule has 2 aliphatic rings. The van der Waals surface area contributed by atoms with Crippen LogP contribution in [0.5, 0.6) is 0 Å². The number of thiazole rings is 1. The molecule has 1 saturated heterocycles. The number of anilines is 2. The van der Waals surface area contributed by atoms with Crippen LogP contribution in [0.3, 0.4) is 0 Å². The molecule has 3 atom stereocenters. The Hall–Kier alpha value is -3.75. The maximum absolute atomic E-state index is 13.8. The highest BCUT2D eigenvalue weighted by molar-refractivity contribution is 9.10. The first-order valence-corrected chi connectivity index (χ1v) is 14.9. The van der Waals surface area contributed by atoms with Crippen molar-refractivity contribution in [2.45, 2.75) is 28.9 Å².